The van der Waals surface area contributed by atoms with E-state index in [0.717, 1.165) is 11.3 Å². The Labute approximate surface area is 114 Å². The molecule has 1 aromatic carbocycles. The SMILES string of the molecule is CC(C)(C)N1CC2(C)c3ccccc3NC2(N)C1=O. The summed E-state index contributed by atoms with van der Waals surface area (Å²) >= 11 is 0. The van der Waals surface area contributed by atoms with E-state index in [-0.39, 0.29) is 16.9 Å². The number of amides is 1. The normalized spacial score (nSPS) is 33.1. The van der Waals surface area contributed by atoms with Crippen molar-refractivity contribution in [3.05, 3.63) is 29.8 Å². The van der Waals surface area contributed by atoms with Gasteiger partial charge in [0.05, 0.1) is 5.41 Å². The first-order valence-corrected chi connectivity index (χ1v) is 6.69. The highest BCUT2D eigenvalue weighted by Gasteiger charge is 2.65. The van der Waals surface area contributed by atoms with Gasteiger partial charge in [0.25, 0.3) is 5.91 Å². The fraction of sp³-hybridized carbons (Fsp3) is 0.533. The van der Waals surface area contributed by atoms with Crippen molar-refractivity contribution in [2.45, 2.75) is 44.3 Å². The predicted octanol–water partition coefficient (Wildman–Crippen LogP) is 1.67. The molecule has 2 atom stereocenters. The molecule has 1 saturated heterocycles. The van der Waals surface area contributed by atoms with E-state index in [1.807, 2.05) is 43.9 Å². The van der Waals surface area contributed by atoms with Crippen molar-refractivity contribution in [1.82, 2.24) is 4.90 Å². The van der Waals surface area contributed by atoms with Crippen molar-refractivity contribution in [3.8, 4) is 0 Å². The van der Waals surface area contributed by atoms with Crippen LogP contribution in [-0.4, -0.2) is 28.6 Å². The summed E-state index contributed by atoms with van der Waals surface area (Å²) in [5, 5.41) is 3.25. The summed E-state index contributed by atoms with van der Waals surface area (Å²) in [7, 11) is 0. The van der Waals surface area contributed by atoms with Crippen molar-refractivity contribution in [3.63, 3.8) is 0 Å². The fourth-order valence-electron chi connectivity index (χ4n) is 3.28. The Bertz CT molecular complexity index is 563. The van der Waals surface area contributed by atoms with Crippen molar-refractivity contribution >= 4 is 11.6 Å². The van der Waals surface area contributed by atoms with Gasteiger partial charge in [0.15, 0.2) is 5.66 Å². The summed E-state index contributed by atoms with van der Waals surface area (Å²) in [6, 6.07) is 8.02. The summed E-state index contributed by atoms with van der Waals surface area (Å²) in [5.74, 6) is -0.0151. The van der Waals surface area contributed by atoms with E-state index in [9.17, 15) is 4.79 Å². The van der Waals surface area contributed by atoms with E-state index in [4.69, 9.17) is 5.73 Å². The van der Waals surface area contributed by atoms with Crippen molar-refractivity contribution in [2.24, 2.45) is 5.73 Å². The van der Waals surface area contributed by atoms with Crippen LogP contribution in [0.2, 0.25) is 0 Å². The molecule has 1 amide bonds. The van der Waals surface area contributed by atoms with Crippen molar-refractivity contribution < 1.29 is 4.79 Å². The molecule has 0 aromatic heterocycles. The lowest BCUT2D eigenvalue weighted by Gasteiger charge is -2.33. The molecule has 2 aliphatic heterocycles. The minimum absolute atomic E-state index is 0.0151. The number of benzene rings is 1. The number of nitrogens with two attached hydrogens (primary N) is 1. The van der Waals surface area contributed by atoms with Crippen LogP contribution in [0.3, 0.4) is 0 Å². The Morgan fingerprint density at radius 1 is 1.32 bits per heavy atom. The van der Waals surface area contributed by atoms with Crippen molar-refractivity contribution in [2.75, 3.05) is 11.9 Å². The Morgan fingerprint density at radius 2 is 1.95 bits per heavy atom. The van der Waals surface area contributed by atoms with Crippen LogP contribution in [0.1, 0.15) is 33.3 Å². The monoisotopic (exact) mass is 259 g/mol. The molecule has 2 aliphatic rings. The second kappa shape index (κ2) is 3.31. The van der Waals surface area contributed by atoms with E-state index in [1.54, 1.807) is 0 Å². The van der Waals surface area contributed by atoms with Crippen LogP contribution in [0.25, 0.3) is 0 Å². The van der Waals surface area contributed by atoms with Crippen molar-refractivity contribution in [1.29, 1.82) is 0 Å². The van der Waals surface area contributed by atoms with Gasteiger partial charge in [-0.1, -0.05) is 18.2 Å². The molecule has 3 N–H and O–H groups in total. The van der Waals surface area contributed by atoms with Crippen LogP contribution in [0.4, 0.5) is 5.69 Å². The summed E-state index contributed by atoms with van der Waals surface area (Å²) in [5.41, 5.74) is 6.98. The van der Waals surface area contributed by atoms with E-state index >= 15 is 0 Å². The van der Waals surface area contributed by atoms with Gasteiger partial charge in [-0.25, -0.2) is 0 Å². The van der Waals surface area contributed by atoms with E-state index < -0.39 is 5.66 Å². The van der Waals surface area contributed by atoms with E-state index in [1.165, 1.54) is 0 Å². The number of nitrogens with zero attached hydrogens (tertiary/aromatic N) is 1. The highest BCUT2D eigenvalue weighted by atomic mass is 16.2. The zero-order valence-corrected chi connectivity index (χ0v) is 11.9. The molecule has 4 heteroatoms. The van der Waals surface area contributed by atoms with Gasteiger partial charge in [0.1, 0.15) is 0 Å². The maximum atomic E-state index is 12.8. The highest BCUT2D eigenvalue weighted by Crippen LogP contribution is 2.51. The minimum atomic E-state index is -1.02. The molecule has 0 saturated carbocycles. The topological polar surface area (TPSA) is 58.4 Å². The summed E-state index contributed by atoms with van der Waals surface area (Å²) < 4.78 is 0. The number of rotatable bonds is 0. The first-order chi connectivity index (χ1) is 8.70. The number of carbonyl (C=O) groups is 1. The first kappa shape index (κ1) is 12.5. The lowest BCUT2D eigenvalue weighted by Crippen LogP contribution is -2.61. The predicted molar refractivity (Wildman–Crippen MR) is 75.8 cm³/mol. The molecule has 2 heterocycles. The van der Waals surface area contributed by atoms with Gasteiger partial charge >= 0.3 is 0 Å². The second-order valence-electron chi connectivity index (χ2n) is 6.87. The fourth-order valence-corrected chi connectivity index (χ4v) is 3.28. The maximum absolute atomic E-state index is 12.8. The van der Waals surface area contributed by atoms with Crippen LogP contribution >= 0.6 is 0 Å². The molecule has 1 aromatic rings. The molecular formula is C15H21N3O. The number of likely N-dealkylation sites (tertiary alicyclic amines) is 1. The molecule has 4 nitrogen and oxygen atoms in total. The van der Waals surface area contributed by atoms with Gasteiger partial charge in [-0.05, 0) is 39.3 Å². The minimum Gasteiger partial charge on any atom is -0.359 e. The number of nitrogens with one attached hydrogen (secondary N) is 1. The van der Waals surface area contributed by atoms with E-state index in [2.05, 4.69) is 18.3 Å². The number of hydrogen-bond acceptors (Lipinski definition) is 3. The van der Waals surface area contributed by atoms with Gasteiger partial charge in [0, 0.05) is 17.8 Å². The number of para-hydroxylation sites is 1. The van der Waals surface area contributed by atoms with Gasteiger partial charge in [-0.15, -0.1) is 0 Å². The largest absolute Gasteiger partial charge is 0.359 e. The molecule has 0 spiro atoms. The van der Waals surface area contributed by atoms with Crippen LogP contribution in [-0.2, 0) is 10.2 Å². The number of anilines is 1. The summed E-state index contributed by atoms with van der Waals surface area (Å²) in [4.78, 5) is 14.7. The van der Waals surface area contributed by atoms with Gasteiger partial charge in [-0.3, -0.25) is 4.79 Å². The lowest BCUT2D eigenvalue weighted by molar-refractivity contribution is -0.135. The van der Waals surface area contributed by atoms with Crippen LogP contribution in [0.15, 0.2) is 24.3 Å². The molecule has 0 aliphatic carbocycles. The summed E-state index contributed by atoms with van der Waals surface area (Å²) in [6.45, 7) is 8.87. The zero-order chi connectivity index (χ0) is 14.1. The molecule has 0 radical (unpaired) electrons. The molecule has 1 fully saturated rings. The average Bonchev–Trinajstić information content (AvgIpc) is 2.66. The van der Waals surface area contributed by atoms with Gasteiger partial charge < -0.3 is 16.0 Å². The van der Waals surface area contributed by atoms with E-state index in [0.29, 0.717) is 6.54 Å². The average molecular weight is 259 g/mol. The summed E-state index contributed by atoms with van der Waals surface area (Å²) in [6.07, 6.45) is 0. The molecule has 19 heavy (non-hydrogen) atoms. The molecule has 102 valence electrons. The number of fused-ring (bicyclic) bond motifs is 3. The quantitative estimate of drug-likeness (QED) is 0.745. The highest BCUT2D eigenvalue weighted by molar-refractivity contribution is 5.97. The molecule has 3 rings (SSSR count). The standard InChI is InChI=1S/C15H21N3O/c1-13(2,3)18-9-14(4)10-7-5-6-8-11(10)17-15(14,16)12(18)19/h5-8,17H,9,16H2,1-4H3. The second-order valence-corrected chi connectivity index (χ2v) is 6.87. The third-order valence-electron chi connectivity index (χ3n) is 4.59. The third-order valence-corrected chi connectivity index (χ3v) is 4.59. The Morgan fingerprint density at radius 3 is 2.58 bits per heavy atom. The Kier molecular flexibility index (Phi) is 2.17. The van der Waals surface area contributed by atoms with Crippen LogP contribution in [0, 0.1) is 0 Å². The third kappa shape index (κ3) is 1.35. The van der Waals surface area contributed by atoms with Gasteiger partial charge in [0.2, 0.25) is 0 Å². The molecule has 0 bridgehead atoms. The zero-order valence-electron chi connectivity index (χ0n) is 11.9. The molecule has 2 unspecified atom stereocenters. The number of carbonyl (C=O) groups excluding carboxylic acids is 1. The van der Waals surface area contributed by atoms with Crippen LogP contribution < -0.4 is 11.1 Å². The Hall–Kier alpha value is -1.55. The first-order valence-electron chi connectivity index (χ1n) is 6.69. The number of hydrogen-bond donors (Lipinski definition) is 2. The van der Waals surface area contributed by atoms with Gasteiger partial charge in [-0.2, -0.15) is 0 Å². The maximum Gasteiger partial charge on any atom is 0.264 e. The molecular weight excluding hydrogens is 238 g/mol. The Balaban J connectivity index is 2.15. The smallest absolute Gasteiger partial charge is 0.264 e. The van der Waals surface area contributed by atoms with Crippen LogP contribution in [0.5, 0.6) is 0 Å². The lowest BCUT2D eigenvalue weighted by atomic mass is 9.77.